The van der Waals surface area contributed by atoms with E-state index in [1.807, 2.05) is 6.92 Å². The minimum Gasteiger partial charge on any atom is -0.454 e. The Bertz CT molecular complexity index is 1290. The number of hydrogen-bond donors (Lipinski definition) is 2. The number of carbonyl (C=O) groups excluding carboxylic acids is 1. The number of benzene rings is 1. The Morgan fingerprint density at radius 3 is 2.80 bits per heavy atom. The number of nitrogens with one attached hydrogen (secondary N) is 2. The molecule has 9 nitrogen and oxygen atoms in total. The second-order valence-electron chi connectivity index (χ2n) is 7.50. The van der Waals surface area contributed by atoms with E-state index < -0.39 is 17.2 Å². The van der Waals surface area contributed by atoms with Crippen molar-refractivity contribution in [2.24, 2.45) is 0 Å². The van der Waals surface area contributed by atoms with Crippen molar-refractivity contribution in [3.05, 3.63) is 56.4 Å². The Hall–Kier alpha value is -3.62. The zero-order valence-corrected chi connectivity index (χ0v) is 16.4. The van der Waals surface area contributed by atoms with Crippen molar-refractivity contribution < 1.29 is 14.3 Å². The number of hydrogen-bond acceptors (Lipinski definition) is 6. The van der Waals surface area contributed by atoms with Gasteiger partial charge in [0, 0.05) is 29.9 Å². The molecule has 9 heteroatoms. The van der Waals surface area contributed by atoms with Gasteiger partial charge in [0.25, 0.3) is 11.5 Å². The molecule has 3 heterocycles. The van der Waals surface area contributed by atoms with Crippen molar-refractivity contribution in [2.45, 2.75) is 38.6 Å². The molecule has 154 valence electrons. The van der Waals surface area contributed by atoms with Gasteiger partial charge in [0.1, 0.15) is 0 Å². The average molecular weight is 408 g/mol. The summed E-state index contributed by atoms with van der Waals surface area (Å²) >= 11 is 0. The Morgan fingerprint density at radius 1 is 1.23 bits per heavy atom. The fraction of sp³-hybridized carbons (Fsp3) is 0.333. The van der Waals surface area contributed by atoms with E-state index in [4.69, 9.17) is 9.47 Å². The number of nitrogens with zero attached hydrogens (tertiary/aromatic N) is 2. The molecule has 1 fully saturated rings. The first-order valence-corrected chi connectivity index (χ1v) is 9.94. The normalized spacial score (nSPS) is 14.8. The van der Waals surface area contributed by atoms with Crippen molar-refractivity contribution in [3.63, 3.8) is 0 Å². The van der Waals surface area contributed by atoms with E-state index in [9.17, 15) is 14.4 Å². The molecule has 1 aliphatic heterocycles. The molecule has 1 saturated carbocycles. The van der Waals surface area contributed by atoms with Crippen molar-refractivity contribution in [1.82, 2.24) is 14.5 Å². The molecule has 5 rings (SSSR count). The molecule has 2 N–H and O–H groups in total. The molecule has 1 aromatic carbocycles. The van der Waals surface area contributed by atoms with Gasteiger partial charge >= 0.3 is 5.69 Å². The third kappa shape index (κ3) is 3.12. The fourth-order valence-electron chi connectivity index (χ4n) is 3.66. The van der Waals surface area contributed by atoms with Crippen molar-refractivity contribution in [2.75, 3.05) is 12.1 Å². The second-order valence-corrected chi connectivity index (χ2v) is 7.50. The first-order chi connectivity index (χ1) is 14.5. The molecular weight excluding hydrogens is 388 g/mol. The number of anilines is 1. The monoisotopic (exact) mass is 408 g/mol. The van der Waals surface area contributed by atoms with Crippen LogP contribution in [-0.4, -0.2) is 27.2 Å². The number of pyridine rings is 1. The minimum absolute atomic E-state index is 0.116. The number of carbonyl (C=O) groups is 1. The highest BCUT2D eigenvalue weighted by Gasteiger charge is 2.29. The topological polar surface area (TPSA) is 115 Å². The summed E-state index contributed by atoms with van der Waals surface area (Å²) in [6, 6.07) is 6.75. The van der Waals surface area contributed by atoms with E-state index in [0.717, 1.165) is 18.5 Å². The Kier molecular flexibility index (Phi) is 4.30. The van der Waals surface area contributed by atoms with E-state index in [1.165, 1.54) is 4.57 Å². The molecule has 2 aliphatic rings. The zero-order chi connectivity index (χ0) is 20.8. The lowest BCUT2D eigenvalue weighted by molar-refractivity contribution is 0.102. The highest BCUT2D eigenvalue weighted by Crippen LogP contribution is 2.40. The molecule has 0 spiro atoms. The molecule has 1 amide bonds. The smallest absolute Gasteiger partial charge is 0.329 e. The molecule has 1 aliphatic carbocycles. The molecule has 3 aromatic rings. The standard InChI is InChI=1S/C21H20N4O5/c1-2-7-25-18-17(20(27)24-21(25)28)13(9-14(23-18)11-3-4-11)19(26)22-12-5-6-15-16(8-12)30-10-29-15/h5-6,8-9,11H,2-4,7,10H2,1H3,(H,22,26)(H,24,27,28). The van der Waals surface area contributed by atoms with Crippen LogP contribution in [0.1, 0.15) is 48.2 Å². The quantitative estimate of drug-likeness (QED) is 0.670. The Labute approximate surface area is 170 Å². The van der Waals surface area contributed by atoms with Gasteiger partial charge in [-0.25, -0.2) is 9.78 Å². The van der Waals surface area contributed by atoms with Crippen LogP contribution in [0.25, 0.3) is 11.0 Å². The lowest BCUT2D eigenvalue weighted by Crippen LogP contribution is -2.32. The molecule has 0 atom stereocenters. The predicted octanol–water partition coefficient (Wildman–Crippen LogP) is 2.35. The Morgan fingerprint density at radius 2 is 2.03 bits per heavy atom. The first kappa shape index (κ1) is 18.4. The van der Waals surface area contributed by atoms with Crippen LogP contribution in [0.15, 0.2) is 33.9 Å². The van der Waals surface area contributed by atoms with Gasteiger partial charge in [-0.15, -0.1) is 0 Å². The summed E-state index contributed by atoms with van der Waals surface area (Å²) < 4.78 is 12.1. The highest BCUT2D eigenvalue weighted by atomic mass is 16.7. The van der Waals surface area contributed by atoms with Gasteiger partial charge in [0.15, 0.2) is 17.1 Å². The summed E-state index contributed by atoms with van der Waals surface area (Å²) in [6.45, 7) is 2.47. The van der Waals surface area contributed by atoms with Crippen LogP contribution in [0.4, 0.5) is 5.69 Å². The molecule has 0 saturated heterocycles. The first-order valence-electron chi connectivity index (χ1n) is 9.94. The summed E-state index contributed by atoms with van der Waals surface area (Å²) in [5.41, 5.74) is 0.565. The van der Waals surface area contributed by atoms with Gasteiger partial charge in [0.2, 0.25) is 6.79 Å². The van der Waals surface area contributed by atoms with E-state index in [1.54, 1.807) is 24.3 Å². The number of aromatic nitrogens is 3. The van der Waals surface area contributed by atoms with Crippen molar-refractivity contribution in [3.8, 4) is 11.5 Å². The second kappa shape index (κ2) is 7.01. The molecular formula is C21H20N4O5. The van der Waals surface area contributed by atoms with Gasteiger partial charge in [-0.3, -0.25) is 19.1 Å². The SMILES string of the molecule is CCCn1c(=O)[nH]c(=O)c2c(C(=O)Nc3ccc4c(c3)OCO4)cc(C3CC3)nc21. The maximum absolute atomic E-state index is 13.2. The Balaban J connectivity index is 1.63. The van der Waals surface area contributed by atoms with Crippen LogP contribution in [0.2, 0.25) is 0 Å². The van der Waals surface area contributed by atoms with Crippen LogP contribution < -0.4 is 26.0 Å². The van der Waals surface area contributed by atoms with Crippen molar-refractivity contribution >= 4 is 22.6 Å². The lowest BCUT2D eigenvalue weighted by Gasteiger charge is -2.13. The third-order valence-corrected chi connectivity index (χ3v) is 5.29. The van der Waals surface area contributed by atoms with E-state index in [2.05, 4.69) is 15.3 Å². The number of H-pyrrole nitrogens is 1. The number of rotatable bonds is 5. The maximum atomic E-state index is 13.2. The van der Waals surface area contributed by atoms with E-state index in [-0.39, 0.29) is 29.3 Å². The van der Waals surface area contributed by atoms with Gasteiger partial charge < -0.3 is 14.8 Å². The number of fused-ring (bicyclic) bond motifs is 2. The van der Waals surface area contributed by atoms with Crippen LogP contribution >= 0.6 is 0 Å². The number of aryl methyl sites for hydroxylation is 1. The fourth-order valence-corrected chi connectivity index (χ4v) is 3.66. The summed E-state index contributed by atoms with van der Waals surface area (Å²) in [5.74, 6) is 0.949. The molecule has 0 bridgehead atoms. The molecule has 0 radical (unpaired) electrons. The minimum atomic E-state index is -0.618. The van der Waals surface area contributed by atoms with E-state index >= 15 is 0 Å². The zero-order valence-electron chi connectivity index (χ0n) is 16.4. The van der Waals surface area contributed by atoms with E-state index in [0.29, 0.717) is 30.2 Å². The molecule has 0 unspecified atom stereocenters. The highest BCUT2D eigenvalue weighted by molar-refractivity contribution is 6.12. The molecule has 30 heavy (non-hydrogen) atoms. The largest absolute Gasteiger partial charge is 0.454 e. The van der Waals surface area contributed by atoms with Crippen molar-refractivity contribution in [1.29, 1.82) is 0 Å². The van der Waals surface area contributed by atoms with Gasteiger partial charge in [-0.2, -0.15) is 0 Å². The van der Waals surface area contributed by atoms with Crippen LogP contribution in [0, 0.1) is 0 Å². The summed E-state index contributed by atoms with van der Waals surface area (Å²) in [4.78, 5) is 45.1. The average Bonchev–Trinajstić information content (AvgIpc) is 3.48. The van der Waals surface area contributed by atoms with Crippen LogP contribution in [0.5, 0.6) is 11.5 Å². The van der Waals surface area contributed by atoms with Gasteiger partial charge in [0.05, 0.1) is 10.9 Å². The van der Waals surface area contributed by atoms with Crippen LogP contribution in [-0.2, 0) is 6.54 Å². The summed E-state index contributed by atoms with van der Waals surface area (Å²) in [6.07, 6.45) is 2.64. The number of aromatic amines is 1. The summed E-state index contributed by atoms with van der Waals surface area (Å²) in [5, 5.41) is 2.93. The lowest BCUT2D eigenvalue weighted by atomic mass is 10.1. The molecule has 2 aromatic heterocycles. The predicted molar refractivity (Wildman–Crippen MR) is 109 cm³/mol. The summed E-state index contributed by atoms with van der Waals surface area (Å²) in [7, 11) is 0. The van der Waals surface area contributed by atoms with Crippen LogP contribution in [0.3, 0.4) is 0 Å². The number of amides is 1. The maximum Gasteiger partial charge on any atom is 0.329 e. The van der Waals surface area contributed by atoms with Gasteiger partial charge in [-0.1, -0.05) is 6.92 Å². The third-order valence-electron chi connectivity index (χ3n) is 5.29. The number of ether oxygens (including phenoxy) is 2. The van der Waals surface area contributed by atoms with Gasteiger partial charge in [-0.05, 0) is 37.5 Å².